The minimum Gasteiger partial charge on any atom is -0.399 e. The van der Waals surface area contributed by atoms with E-state index in [4.69, 9.17) is 15.0 Å². The Kier molecular flexibility index (Phi) is 2.91. The van der Waals surface area contributed by atoms with E-state index >= 15 is 0 Å². The molecule has 0 spiro atoms. The van der Waals surface area contributed by atoms with Crippen molar-refractivity contribution >= 4 is 39.3 Å². The molecule has 3 rings (SSSR count). The fraction of sp³-hybridized carbons (Fsp3) is 0.500. The molecule has 20 heavy (non-hydrogen) atoms. The quantitative estimate of drug-likeness (QED) is 0.820. The van der Waals surface area contributed by atoms with E-state index in [1.54, 1.807) is 0 Å². The van der Waals surface area contributed by atoms with Crippen LogP contribution in [0.5, 0.6) is 0 Å². The maximum absolute atomic E-state index is 6.11. The van der Waals surface area contributed by atoms with Crippen molar-refractivity contribution in [2.45, 2.75) is 45.8 Å². The van der Waals surface area contributed by atoms with Gasteiger partial charge >= 0.3 is 7.12 Å². The zero-order valence-corrected chi connectivity index (χ0v) is 13.3. The molecule has 1 aromatic heterocycles. The highest BCUT2D eigenvalue weighted by Crippen LogP contribution is 2.37. The van der Waals surface area contributed by atoms with Crippen molar-refractivity contribution in [2.75, 3.05) is 5.73 Å². The van der Waals surface area contributed by atoms with Gasteiger partial charge in [0.1, 0.15) is 0 Å². The molecule has 1 fully saturated rings. The van der Waals surface area contributed by atoms with Gasteiger partial charge in [-0.15, -0.1) is 0 Å². The molecule has 1 aliphatic rings. The third-order valence-corrected chi connectivity index (χ3v) is 5.23. The van der Waals surface area contributed by atoms with E-state index in [0.29, 0.717) is 5.13 Å². The van der Waals surface area contributed by atoms with Gasteiger partial charge in [0, 0.05) is 0 Å². The van der Waals surface area contributed by atoms with Gasteiger partial charge < -0.3 is 15.0 Å². The zero-order chi connectivity index (χ0) is 14.7. The van der Waals surface area contributed by atoms with Gasteiger partial charge in [0.2, 0.25) is 0 Å². The van der Waals surface area contributed by atoms with Crippen LogP contribution in [0, 0.1) is 6.92 Å². The summed E-state index contributed by atoms with van der Waals surface area (Å²) in [5, 5.41) is 0.592. The summed E-state index contributed by atoms with van der Waals surface area (Å²) >= 11 is 1.50. The van der Waals surface area contributed by atoms with Crippen LogP contribution in [0.4, 0.5) is 5.13 Å². The molecule has 0 radical (unpaired) electrons. The SMILES string of the molecule is Cc1c(B2OC(C)(C)C(C)(C)O2)ccc2sc(N)nc12. The first kappa shape index (κ1) is 13.9. The fourth-order valence-corrected chi connectivity index (χ4v) is 3.18. The lowest BCUT2D eigenvalue weighted by Gasteiger charge is -2.32. The van der Waals surface area contributed by atoms with E-state index in [0.717, 1.165) is 21.2 Å². The van der Waals surface area contributed by atoms with Gasteiger partial charge in [-0.3, -0.25) is 0 Å². The number of benzene rings is 1. The van der Waals surface area contributed by atoms with Crippen molar-refractivity contribution in [1.82, 2.24) is 4.98 Å². The summed E-state index contributed by atoms with van der Waals surface area (Å²) in [7, 11) is -0.354. The number of nitrogens with zero attached hydrogens (tertiary/aromatic N) is 1. The Bertz CT molecular complexity index is 665. The number of anilines is 1. The average Bonchev–Trinajstić information content (AvgIpc) is 2.78. The van der Waals surface area contributed by atoms with Crippen molar-refractivity contribution in [1.29, 1.82) is 0 Å². The normalized spacial score (nSPS) is 20.8. The highest BCUT2D eigenvalue weighted by Gasteiger charge is 2.52. The average molecular weight is 290 g/mol. The van der Waals surface area contributed by atoms with Gasteiger partial charge in [0.05, 0.1) is 21.4 Å². The van der Waals surface area contributed by atoms with Crippen LogP contribution in [0.1, 0.15) is 33.3 Å². The van der Waals surface area contributed by atoms with Crippen LogP contribution < -0.4 is 11.2 Å². The Morgan fingerprint density at radius 2 is 1.75 bits per heavy atom. The molecule has 0 atom stereocenters. The first-order chi connectivity index (χ1) is 9.21. The summed E-state index contributed by atoms with van der Waals surface area (Å²) in [6.45, 7) is 10.3. The molecule has 0 unspecified atom stereocenters. The summed E-state index contributed by atoms with van der Waals surface area (Å²) in [5.41, 5.74) is 8.18. The number of thiazole rings is 1. The summed E-state index contributed by atoms with van der Waals surface area (Å²) in [6.07, 6.45) is 0. The predicted octanol–water partition coefficient (Wildman–Crippen LogP) is 2.49. The van der Waals surface area contributed by atoms with Gasteiger partial charge in [-0.2, -0.15) is 0 Å². The lowest BCUT2D eigenvalue weighted by Crippen LogP contribution is -2.41. The van der Waals surface area contributed by atoms with Gasteiger partial charge in [-0.05, 0) is 51.7 Å². The Labute approximate surface area is 123 Å². The number of nitrogen functional groups attached to an aromatic ring is 1. The third-order valence-electron chi connectivity index (χ3n) is 4.38. The lowest BCUT2D eigenvalue weighted by molar-refractivity contribution is 0.00578. The summed E-state index contributed by atoms with van der Waals surface area (Å²) in [5.74, 6) is 0. The highest BCUT2D eigenvalue weighted by atomic mass is 32.1. The summed E-state index contributed by atoms with van der Waals surface area (Å²) < 4.78 is 13.3. The van der Waals surface area contributed by atoms with Crippen molar-refractivity contribution in [3.8, 4) is 0 Å². The Morgan fingerprint density at radius 3 is 2.35 bits per heavy atom. The van der Waals surface area contributed by atoms with Crippen LogP contribution >= 0.6 is 11.3 Å². The summed E-state index contributed by atoms with van der Waals surface area (Å²) in [6, 6.07) is 4.09. The monoisotopic (exact) mass is 290 g/mol. The molecule has 106 valence electrons. The maximum atomic E-state index is 6.11. The molecular formula is C14H19BN2O2S. The van der Waals surface area contributed by atoms with Crippen LogP contribution in [0.15, 0.2) is 12.1 Å². The molecule has 2 heterocycles. The van der Waals surface area contributed by atoms with Gasteiger partial charge in [-0.25, -0.2) is 4.98 Å². The van der Waals surface area contributed by atoms with E-state index in [-0.39, 0.29) is 18.3 Å². The van der Waals surface area contributed by atoms with E-state index in [2.05, 4.69) is 38.7 Å². The van der Waals surface area contributed by atoms with Crippen LogP contribution in [0.25, 0.3) is 10.2 Å². The van der Waals surface area contributed by atoms with Crippen LogP contribution in [0.3, 0.4) is 0 Å². The second kappa shape index (κ2) is 4.19. The topological polar surface area (TPSA) is 57.4 Å². The lowest BCUT2D eigenvalue weighted by atomic mass is 9.76. The fourth-order valence-electron chi connectivity index (χ4n) is 2.38. The number of aryl methyl sites for hydroxylation is 1. The standard InChI is InChI=1S/C14H19BN2O2S/c1-8-9(6-7-10-11(8)17-12(16)20-10)15-18-13(2,3)14(4,5)19-15/h6-7H,1-5H3,(H2,16,17). The molecule has 1 saturated heterocycles. The zero-order valence-electron chi connectivity index (χ0n) is 12.5. The minimum atomic E-state index is -0.354. The molecule has 1 aromatic carbocycles. The molecule has 0 saturated carbocycles. The highest BCUT2D eigenvalue weighted by molar-refractivity contribution is 7.22. The van der Waals surface area contributed by atoms with Crippen molar-refractivity contribution in [3.05, 3.63) is 17.7 Å². The Balaban J connectivity index is 2.06. The Morgan fingerprint density at radius 1 is 1.15 bits per heavy atom. The number of fused-ring (bicyclic) bond motifs is 1. The van der Waals surface area contributed by atoms with Gasteiger partial charge in [0.25, 0.3) is 0 Å². The second-order valence-corrected chi connectivity index (χ2v) is 7.33. The first-order valence-electron chi connectivity index (χ1n) is 6.72. The number of hydrogen-bond acceptors (Lipinski definition) is 5. The molecule has 0 amide bonds. The Hall–Kier alpha value is -1.11. The first-order valence-corrected chi connectivity index (χ1v) is 7.54. The molecule has 2 N–H and O–H groups in total. The van der Waals surface area contributed by atoms with Crippen LogP contribution in [-0.4, -0.2) is 23.3 Å². The molecule has 0 aliphatic carbocycles. The van der Waals surface area contributed by atoms with Crippen molar-refractivity contribution in [3.63, 3.8) is 0 Å². The molecule has 4 nitrogen and oxygen atoms in total. The molecule has 2 aromatic rings. The molecule has 6 heteroatoms. The van der Waals surface area contributed by atoms with Crippen molar-refractivity contribution in [2.24, 2.45) is 0 Å². The van der Waals surface area contributed by atoms with E-state index < -0.39 is 0 Å². The smallest absolute Gasteiger partial charge is 0.399 e. The largest absolute Gasteiger partial charge is 0.495 e. The third kappa shape index (κ3) is 1.94. The van der Waals surface area contributed by atoms with E-state index in [1.165, 1.54) is 11.3 Å². The van der Waals surface area contributed by atoms with Crippen LogP contribution in [0.2, 0.25) is 0 Å². The number of hydrogen-bond donors (Lipinski definition) is 1. The molecule has 1 aliphatic heterocycles. The molecular weight excluding hydrogens is 271 g/mol. The number of aromatic nitrogens is 1. The second-order valence-electron chi connectivity index (χ2n) is 6.27. The van der Waals surface area contributed by atoms with Gasteiger partial charge in [0.15, 0.2) is 5.13 Å². The van der Waals surface area contributed by atoms with Gasteiger partial charge in [-0.1, -0.05) is 17.4 Å². The number of rotatable bonds is 1. The van der Waals surface area contributed by atoms with Crippen LogP contribution in [-0.2, 0) is 9.31 Å². The molecule has 0 bridgehead atoms. The summed E-state index contributed by atoms with van der Waals surface area (Å²) in [4.78, 5) is 4.40. The predicted molar refractivity (Wildman–Crippen MR) is 84.5 cm³/mol. The van der Waals surface area contributed by atoms with E-state index in [9.17, 15) is 0 Å². The maximum Gasteiger partial charge on any atom is 0.495 e. The number of nitrogens with two attached hydrogens (primary N) is 1. The van der Waals surface area contributed by atoms with E-state index in [1.807, 2.05) is 13.0 Å². The minimum absolute atomic E-state index is 0.333. The van der Waals surface area contributed by atoms with Crippen molar-refractivity contribution < 1.29 is 9.31 Å².